The molecule has 0 N–H and O–H groups in total. The van der Waals surface area contributed by atoms with Crippen LogP contribution in [0.3, 0.4) is 0 Å². The molecule has 17 heteroatoms. The van der Waals surface area contributed by atoms with Gasteiger partial charge in [-0.2, -0.15) is 0 Å². The Morgan fingerprint density at radius 1 is 0.404 bits per heavy atom. The maximum Gasteiger partial charge on any atom is 0.194 e. The molecule has 0 bridgehead atoms. The number of hydrogen-bond acceptors (Lipinski definition) is 1. The van der Waals surface area contributed by atoms with Crippen molar-refractivity contribution < 1.29 is 70.2 Å². The van der Waals surface area contributed by atoms with Gasteiger partial charge in [0.25, 0.3) is 0 Å². The molecule has 1 atom stereocenters. The van der Waals surface area contributed by atoms with Gasteiger partial charge in [0.05, 0.1) is 11.5 Å². The first kappa shape index (κ1) is 35.6. The van der Waals surface area contributed by atoms with Crippen LogP contribution < -0.4 is 0 Å². The first-order chi connectivity index (χ1) is 21.9. The van der Waals surface area contributed by atoms with E-state index >= 15 is 35.1 Å². The predicted molar refractivity (Wildman–Crippen MR) is 131 cm³/mol. The normalized spacial score (nSPS) is 12.7. The molecule has 1 nitrogen and oxygen atoms in total. The third kappa shape index (κ3) is 5.27. The Balaban J connectivity index is 2.60. The van der Waals surface area contributed by atoms with Crippen LogP contribution in [0.2, 0.25) is 0 Å². The Labute approximate surface area is 253 Å². The Hall–Kier alpha value is -4.28. The molecule has 0 saturated heterocycles. The highest BCUT2D eigenvalue weighted by Crippen LogP contribution is 2.57. The summed E-state index contributed by atoms with van der Waals surface area (Å²) in [5.41, 5.74) is -14.5. The summed E-state index contributed by atoms with van der Waals surface area (Å²) in [6, 6.07) is -5.71. The molecule has 0 spiro atoms. The zero-order valence-electron chi connectivity index (χ0n) is 23.3. The highest BCUT2D eigenvalue weighted by molar-refractivity contribution is 5.58. The van der Waals surface area contributed by atoms with Gasteiger partial charge in [0.2, 0.25) is 0 Å². The van der Waals surface area contributed by atoms with Crippen molar-refractivity contribution in [1.29, 1.82) is 0 Å². The average molecular weight is 693 g/mol. The summed E-state index contributed by atoms with van der Waals surface area (Å²) < 4.78 is 243. The van der Waals surface area contributed by atoms with Crippen molar-refractivity contribution >= 4 is 0 Å². The third-order valence-electron chi connectivity index (χ3n) is 7.54. The van der Waals surface area contributed by atoms with Gasteiger partial charge in [-0.1, -0.05) is 13.8 Å². The van der Waals surface area contributed by atoms with Gasteiger partial charge in [-0.05, 0) is 13.1 Å². The summed E-state index contributed by atoms with van der Waals surface area (Å²) in [6.07, 6.45) is 0. The summed E-state index contributed by atoms with van der Waals surface area (Å²) in [5, 5.41) is 0. The summed E-state index contributed by atoms with van der Waals surface area (Å²) >= 11 is 0. The highest BCUT2D eigenvalue weighted by Gasteiger charge is 2.58. The van der Waals surface area contributed by atoms with E-state index < -0.39 is 164 Å². The van der Waals surface area contributed by atoms with E-state index in [9.17, 15) is 35.1 Å². The number of nitrogens with zero attached hydrogens (tertiary/aromatic N) is 1. The van der Waals surface area contributed by atoms with Gasteiger partial charge < -0.3 is 0 Å². The molecular formula is C30H15F16N. The maximum atomic E-state index is 15.9. The molecule has 0 aliphatic carbocycles. The average Bonchev–Trinajstić information content (AvgIpc) is 2.99. The van der Waals surface area contributed by atoms with E-state index in [1.54, 1.807) is 0 Å². The van der Waals surface area contributed by atoms with Crippen molar-refractivity contribution in [1.82, 2.24) is 4.90 Å². The van der Waals surface area contributed by atoms with E-state index in [0.717, 1.165) is 13.8 Å². The van der Waals surface area contributed by atoms with Crippen LogP contribution >= 0.6 is 0 Å². The topological polar surface area (TPSA) is 3.24 Å². The van der Waals surface area contributed by atoms with Crippen LogP contribution in [0.4, 0.5) is 70.2 Å². The fourth-order valence-electron chi connectivity index (χ4n) is 5.66. The van der Waals surface area contributed by atoms with Crippen molar-refractivity contribution in [2.45, 2.75) is 25.3 Å². The lowest BCUT2D eigenvalue weighted by Gasteiger charge is -2.47. The Morgan fingerprint density at radius 3 is 0.979 bits per heavy atom. The number of halogens is 16. The first-order valence-electron chi connectivity index (χ1n) is 13.0. The van der Waals surface area contributed by atoms with Gasteiger partial charge in [0.1, 0.15) is 23.3 Å². The number of benzene rings is 4. The first-order valence-corrected chi connectivity index (χ1v) is 13.0. The second-order valence-electron chi connectivity index (χ2n) is 9.84. The van der Waals surface area contributed by atoms with E-state index in [0.29, 0.717) is 4.90 Å². The molecule has 1 unspecified atom stereocenters. The summed E-state index contributed by atoms with van der Waals surface area (Å²) in [6.45, 7) is 0.330. The minimum atomic E-state index is -4.73. The number of likely N-dealkylation sites (N-methyl/N-ethyl adjacent to an activating group) is 1. The predicted octanol–water partition coefficient (Wildman–Crippen LogP) is 9.33. The smallest absolute Gasteiger partial charge is 0.194 e. The lowest BCUT2D eigenvalue weighted by molar-refractivity contribution is 0.142. The van der Waals surface area contributed by atoms with Crippen molar-refractivity contribution in [2.24, 2.45) is 0 Å². The molecule has 0 aliphatic rings. The molecular weight excluding hydrogens is 678 g/mol. The fraction of sp³-hybridized carbons (Fsp3) is 0.200. The molecule has 0 radical (unpaired) electrons. The van der Waals surface area contributed by atoms with Gasteiger partial charge >= 0.3 is 0 Å². The highest BCUT2D eigenvalue weighted by atomic mass is 19.2. The largest absolute Gasteiger partial charge is 0.295 e. The van der Waals surface area contributed by atoms with Crippen LogP contribution in [0.15, 0.2) is 24.3 Å². The zero-order chi connectivity index (χ0) is 35.4. The monoisotopic (exact) mass is 693 g/mol. The lowest BCUT2D eigenvalue weighted by Crippen LogP contribution is -2.50. The minimum Gasteiger partial charge on any atom is -0.295 e. The van der Waals surface area contributed by atoms with Crippen molar-refractivity contribution in [3.05, 3.63) is 140 Å². The summed E-state index contributed by atoms with van der Waals surface area (Å²) in [4.78, 5) is 0.374. The van der Waals surface area contributed by atoms with E-state index in [1.165, 1.54) is 0 Å². The number of rotatable bonds is 8. The van der Waals surface area contributed by atoms with Crippen LogP contribution in [0, 0.1) is 93.1 Å². The van der Waals surface area contributed by atoms with Crippen LogP contribution in [0.1, 0.15) is 42.1 Å². The Morgan fingerprint density at radius 2 is 0.681 bits per heavy atom. The molecule has 0 saturated carbocycles. The molecule has 47 heavy (non-hydrogen) atoms. The molecule has 0 aliphatic heterocycles. The second kappa shape index (κ2) is 12.7. The minimum absolute atomic E-state index is 0.374. The van der Waals surface area contributed by atoms with Gasteiger partial charge in [-0.25, -0.2) is 70.2 Å². The van der Waals surface area contributed by atoms with E-state index in [2.05, 4.69) is 0 Å². The van der Waals surface area contributed by atoms with Crippen LogP contribution in [-0.4, -0.2) is 18.0 Å². The standard InChI is InChI=1S/C30H15F16N/c1-3-47(4-2)29(17-9(31)5-13(35)21(39)25(17)43)30(18-10(32)6-14(36)22(40)26(18)44,19-11(33)7-15(37)23(41)27(19)45)20-12(34)8-16(38)24(42)28(20)46/h5-8,29H,3-4H2,1-2H3. The van der Waals surface area contributed by atoms with Crippen molar-refractivity contribution in [2.75, 3.05) is 13.1 Å². The van der Waals surface area contributed by atoms with Crippen LogP contribution in [0.5, 0.6) is 0 Å². The van der Waals surface area contributed by atoms with E-state index in [1.807, 2.05) is 0 Å². The Bertz CT molecular complexity index is 1750. The SMILES string of the molecule is CCN(CC)C(c1c(F)cc(F)c(F)c1F)C(c1c(F)cc(F)c(F)c1F)(c1c(F)cc(F)c(F)c1F)c1c(F)cc(F)c(F)c1F. The lowest BCUT2D eigenvalue weighted by atomic mass is 9.61. The molecule has 4 aromatic rings. The molecule has 4 aromatic carbocycles. The van der Waals surface area contributed by atoms with Gasteiger partial charge in [-0.3, -0.25) is 4.90 Å². The second-order valence-corrected chi connectivity index (χ2v) is 9.84. The third-order valence-corrected chi connectivity index (χ3v) is 7.54. The van der Waals surface area contributed by atoms with Crippen LogP contribution in [0.25, 0.3) is 0 Å². The quantitative estimate of drug-likeness (QED) is 0.0770. The summed E-state index contributed by atoms with van der Waals surface area (Å²) in [5.74, 6) is -42.6. The molecule has 4 rings (SSSR count). The molecule has 0 amide bonds. The van der Waals surface area contributed by atoms with Gasteiger partial charge in [-0.15, -0.1) is 0 Å². The van der Waals surface area contributed by atoms with E-state index in [4.69, 9.17) is 0 Å². The molecule has 0 aromatic heterocycles. The maximum absolute atomic E-state index is 15.9. The van der Waals surface area contributed by atoms with Gasteiger partial charge in [0.15, 0.2) is 69.8 Å². The summed E-state index contributed by atoms with van der Waals surface area (Å²) in [7, 11) is 0. The zero-order valence-corrected chi connectivity index (χ0v) is 23.3. The van der Waals surface area contributed by atoms with Gasteiger partial charge in [0, 0.05) is 46.5 Å². The number of hydrogen-bond donors (Lipinski definition) is 0. The van der Waals surface area contributed by atoms with Crippen molar-refractivity contribution in [3.63, 3.8) is 0 Å². The van der Waals surface area contributed by atoms with E-state index in [-0.39, 0.29) is 0 Å². The molecule has 0 fully saturated rings. The van der Waals surface area contributed by atoms with Crippen molar-refractivity contribution in [3.8, 4) is 0 Å². The Kier molecular flexibility index (Phi) is 9.63. The molecule has 0 heterocycles. The van der Waals surface area contributed by atoms with Crippen LogP contribution in [-0.2, 0) is 5.41 Å². The fourth-order valence-corrected chi connectivity index (χ4v) is 5.66. The molecule has 252 valence electrons.